The molecule has 0 unspecified atom stereocenters. The Labute approximate surface area is 119 Å². The van der Waals surface area contributed by atoms with Crippen LogP contribution in [-0.4, -0.2) is 21.5 Å². The topological polar surface area (TPSA) is 70.7 Å². The van der Waals surface area contributed by atoms with Gasteiger partial charge in [-0.1, -0.05) is 12.1 Å². The molecule has 0 saturated carbocycles. The van der Waals surface area contributed by atoms with E-state index in [1.165, 1.54) is 4.88 Å². The van der Waals surface area contributed by atoms with Crippen LogP contribution in [0.1, 0.15) is 9.88 Å². The number of para-hydroxylation sites is 1. The summed E-state index contributed by atoms with van der Waals surface area (Å²) >= 11 is 1.69. The van der Waals surface area contributed by atoms with Crippen molar-refractivity contribution in [3.63, 3.8) is 0 Å². The fourth-order valence-corrected chi connectivity index (χ4v) is 2.76. The quantitative estimate of drug-likeness (QED) is 0.772. The summed E-state index contributed by atoms with van der Waals surface area (Å²) in [5, 5.41) is 4.82. The molecule has 1 aromatic carbocycles. The van der Waals surface area contributed by atoms with Crippen LogP contribution < -0.4 is 10.9 Å². The van der Waals surface area contributed by atoms with E-state index in [9.17, 15) is 4.79 Å². The van der Waals surface area contributed by atoms with Gasteiger partial charge in [0.25, 0.3) is 5.56 Å². The number of aryl methyl sites for hydroxylation is 1. The number of nitrogens with one attached hydrogen (secondary N) is 2. The minimum absolute atomic E-state index is 0.122. The summed E-state index contributed by atoms with van der Waals surface area (Å²) in [6, 6.07) is 7.30. The van der Waals surface area contributed by atoms with Crippen LogP contribution in [0.4, 0.5) is 5.95 Å². The molecule has 3 rings (SSSR count). The Bertz CT molecular complexity index is 793. The van der Waals surface area contributed by atoms with Gasteiger partial charge in [0.15, 0.2) is 0 Å². The Balaban J connectivity index is 1.73. The van der Waals surface area contributed by atoms with Crippen LogP contribution >= 0.6 is 11.3 Å². The van der Waals surface area contributed by atoms with Crippen molar-refractivity contribution in [1.29, 1.82) is 0 Å². The maximum Gasteiger partial charge on any atom is 0.260 e. The van der Waals surface area contributed by atoms with E-state index in [1.54, 1.807) is 17.4 Å². The minimum Gasteiger partial charge on any atom is -0.355 e. The van der Waals surface area contributed by atoms with Crippen LogP contribution in [0, 0.1) is 6.92 Å². The van der Waals surface area contributed by atoms with Crippen molar-refractivity contribution >= 4 is 28.2 Å². The molecule has 0 bridgehead atoms. The molecule has 0 radical (unpaired) electrons. The highest BCUT2D eigenvalue weighted by atomic mass is 32.1. The van der Waals surface area contributed by atoms with Gasteiger partial charge in [0.2, 0.25) is 5.95 Å². The van der Waals surface area contributed by atoms with Gasteiger partial charge in [-0.05, 0) is 19.1 Å². The van der Waals surface area contributed by atoms with Gasteiger partial charge in [0, 0.05) is 24.0 Å². The normalized spacial score (nSPS) is 10.8. The molecule has 0 fully saturated rings. The van der Waals surface area contributed by atoms with Crippen LogP contribution in [0.3, 0.4) is 0 Å². The Kier molecular flexibility index (Phi) is 3.47. The lowest BCUT2D eigenvalue weighted by Crippen LogP contribution is -2.14. The van der Waals surface area contributed by atoms with Gasteiger partial charge in [-0.2, -0.15) is 0 Å². The number of fused-ring (bicyclic) bond motifs is 1. The average molecular weight is 286 g/mol. The summed E-state index contributed by atoms with van der Waals surface area (Å²) in [6.07, 6.45) is 2.69. The zero-order valence-electron chi connectivity index (χ0n) is 11.0. The fraction of sp³-hybridized carbons (Fsp3) is 0.214. The van der Waals surface area contributed by atoms with Crippen molar-refractivity contribution in [1.82, 2.24) is 15.0 Å². The minimum atomic E-state index is -0.122. The smallest absolute Gasteiger partial charge is 0.260 e. The first kappa shape index (κ1) is 12.8. The Morgan fingerprint density at radius 1 is 1.35 bits per heavy atom. The van der Waals surface area contributed by atoms with E-state index in [0.29, 0.717) is 23.4 Å². The summed E-state index contributed by atoms with van der Waals surface area (Å²) < 4.78 is 0. The van der Waals surface area contributed by atoms with Crippen molar-refractivity contribution in [2.45, 2.75) is 13.3 Å². The van der Waals surface area contributed by atoms with E-state index in [2.05, 4.69) is 20.3 Å². The molecule has 2 heterocycles. The van der Waals surface area contributed by atoms with Crippen LogP contribution in [0.5, 0.6) is 0 Å². The molecule has 0 saturated heterocycles. The Morgan fingerprint density at radius 3 is 3.00 bits per heavy atom. The number of aromatic amines is 1. The first-order valence-electron chi connectivity index (χ1n) is 6.36. The highest BCUT2D eigenvalue weighted by Gasteiger charge is 2.03. The molecule has 2 aromatic heterocycles. The maximum atomic E-state index is 11.9. The van der Waals surface area contributed by atoms with Crippen LogP contribution in [-0.2, 0) is 6.42 Å². The third-order valence-electron chi connectivity index (χ3n) is 2.91. The SMILES string of the molecule is Cc1cnc(CCNc2nc3ccccc3c(=O)[nH]2)s1. The van der Waals surface area contributed by atoms with Crippen molar-refractivity contribution in [2.24, 2.45) is 0 Å². The van der Waals surface area contributed by atoms with E-state index < -0.39 is 0 Å². The summed E-state index contributed by atoms with van der Waals surface area (Å²) in [5.74, 6) is 0.502. The van der Waals surface area contributed by atoms with Crippen molar-refractivity contribution < 1.29 is 0 Å². The van der Waals surface area contributed by atoms with E-state index in [0.717, 1.165) is 11.4 Å². The van der Waals surface area contributed by atoms with Crippen molar-refractivity contribution in [3.8, 4) is 0 Å². The Morgan fingerprint density at radius 2 is 2.20 bits per heavy atom. The third kappa shape index (κ3) is 2.70. The molecular formula is C14H14N4OS. The van der Waals surface area contributed by atoms with Crippen LogP contribution in [0.15, 0.2) is 35.3 Å². The second-order valence-electron chi connectivity index (χ2n) is 4.47. The van der Waals surface area contributed by atoms with Crippen molar-refractivity contribution in [2.75, 3.05) is 11.9 Å². The number of hydrogen-bond donors (Lipinski definition) is 2. The molecule has 102 valence electrons. The number of benzene rings is 1. The number of anilines is 1. The predicted molar refractivity (Wildman–Crippen MR) is 81.4 cm³/mol. The summed E-state index contributed by atoms with van der Waals surface area (Å²) in [6.45, 7) is 2.73. The fourth-order valence-electron chi connectivity index (χ4n) is 1.97. The highest BCUT2D eigenvalue weighted by molar-refractivity contribution is 7.11. The van der Waals surface area contributed by atoms with Crippen LogP contribution in [0.25, 0.3) is 10.9 Å². The first-order valence-corrected chi connectivity index (χ1v) is 7.18. The molecular weight excluding hydrogens is 272 g/mol. The molecule has 0 aliphatic heterocycles. The molecule has 0 aliphatic carbocycles. The lowest BCUT2D eigenvalue weighted by Gasteiger charge is -2.05. The summed E-state index contributed by atoms with van der Waals surface area (Å²) in [4.78, 5) is 24.5. The van der Waals surface area contributed by atoms with Gasteiger partial charge in [0.1, 0.15) is 0 Å². The number of rotatable bonds is 4. The molecule has 0 atom stereocenters. The molecule has 6 heteroatoms. The molecule has 20 heavy (non-hydrogen) atoms. The maximum absolute atomic E-state index is 11.9. The molecule has 5 nitrogen and oxygen atoms in total. The molecule has 2 N–H and O–H groups in total. The third-order valence-corrected chi connectivity index (χ3v) is 3.89. The zero-order valence-corrected chi connectivity index (χ0v) is 11.8. The van der Waals surface area contributed by atoms with E-state index in [-0.39, 0.29) is 5.56 Å². The lowest BCUT2D eigenvalue weighted by molar-refractivity contribution is 0.970. The second kappa shape index (κ2) is 5.42. The number of nitrogens with zero attached hydrogens (tertiary/aromatic N) is 2. The zero-order chi connectivity index (χ0) is 13.9. The van der Waals surface area contributed by atoms with Gasteiger partial charge in [-0.15, -0.1) is 11.3 Å². The Hall–Kier alpha value is -2.21. The van der Waals surface area contributed by atoms with Gasteiger partial charge < -0.3 is 5.32 Å². The summed E-state index contributed by atoms with van der Waals surface area (Å²) in [7, 11) is 0. The lowest BCUT2D eigenvalue weighted by atomic mass is 10.2. The first-order chi connectivity index (χ1) is 9.72. The number of thiazole rings is 1. The van der Waals surface area contributed by atoms with Gasteiger partial charge >= 0.3 is 0 Å². The average Bonchev–Trinajstić information content (AvgIpc) is 2.85. The molecule has 0 spiro atoms. The number of H-pyrrole nitrogens is 1. The highest BCUT2D eigenvalue weighted by Crippen LogP contribution is 2.12. The van der Waals surface area contributed by atoms with Crippen molar-refractivity contribution in [3.05, 3.63) is 50.7 Å². The predicted octanol–water partition coefficient (Wildman–Crippen LogP) is 2.34. The van der Waals surface area contributed by atoms with E-state index >= 15 is 0 Å². The second-order valence-corrected chi connectivity index (χ2v) is 5.79. The van der Waals surface area contributed by atoms with Gasteiger partial charge in [-0.3, -0.25) is 9.78 Å². The molecule has 0 amide bonds. The number of hydrogen-bond acceptors (Lipinski definition) is 5. The summed E-state index contributed by atoms with van der Waals surface area (Å²) in [5.41, 5.74) is 0.576. The van der Waals surface area contributed by atoms with E-state index in [1.807, 2.05) is 31.3 Å². The molecule has 3 aromatic rings. The number of aromatic nitrogens is 3. The standard InChI is InChI=1S/C14H14N4OS/c1-9-8-16-12(20-9)6-7-15-14-17-11-5-3-2-4-10(11)13(19)18-14/h2-5,8H,6-7H2,1H3,(H2,15,17,18,19). The monoisotopic (exact) mass is 286 g/mol. The van der Waals surface area contributed by atoms with Crippen LogP contribution in [0.2, 0.25) is 0 Å². The van der Waals surface area contributed by atoms with Gasteiger partial charge in [0.05, 0.1) is 15.9 Å². The van der Waals surface area contributed by atoms with E-state index in [4.69, 9.17) is 0 Å². The van der Waals surface area contributed by atoms with Gasteiger partial charge in [-0.25, -0.2) is 9.97 Å². The molecule has 0 aliphatic rings. The largest absolute Gasteiger partial charge is 0.355 e.